The lowest BCUT2D eigenvalue weighted by atomic mass is 9.91. The van der Waals surface area contributed by atoms with Crippen molar-refractivity contribution in [2.24, 2.45) is 18.4 Å². The van der Waals surface area contributed by atoms with Crippen molar-refractivity contribution in [3.8, 4) is 0 Å². The smallest absolute Gasteiger partial charge is 0.226 e. The largest absolute Gasteiger partial charge is 0.338 e. The van der Waals surface area contributed by atoms with E-state index in [0.29, 0.717) is 17.9 Å². The summed E-state index contributed by atoms with van der Waals surface area (Å²) in [5, 5.41) is 3.39. The molecule has 4 rings (SSSR count). The Balaban J connectivity index is 1.48. The van der Waals surface area contributed by atoms with E-state index >= 15 is 0 Å². The van der Waals surface area contributed by atoms with Gasteiger partial charge in [-0.05, 0) is 49.9 Å². The molecule has 122 valence electrons. The first-order valence-corrected chi connectivity index (χ1v) is 8.47. The maximum Gasteiger partial charge on any atom is 0.226 e. The van der Waals surface area contributed by atoms with Crippen molar-refractivity contribution in [1.82, 2.24) is 19.8 Å². The van der Waals surface area contributed by atoms with E-state index in [4.69, 9.17) is 0 Å². The number of nitrogens with one attached hydrogen (secondary N) is 1. The highest BCUT2D eigenvalue weighted by atomic mass is 16.2. The van der Waals surface area contributed by atoms with Gasteiger partial charge >= 0.3 is 0 Å². The van der Waals surface area contributed by atoms with E-state index < -0.39 is 0 Å². The number of hydrogen-bond donors (Lipinski definition) is 1. The van der Waals surface area contributed by atoms with Crippen molar-refractivity contribution in [2.45, 2.75) is 25.8 Å². The minimum absolute atomic E-state index is 0.226. The van der Waals surface area contributed by atoms with E-state index in [1.165, 1.54) is 0 Å². The normalized spacial score (nSPS) is 22.4. The summed E-state index contributed by atoms with van der Waals surface area (Å²) in [6.45, 7) is 2.69. The fourth-order valence-corrected chi connectivity index (χ4v) is 4.07. The molecular formula is C18H24N4O. The molecule has 5 heteroatoms. The molecule has 0 bridgehead atoms. The number of hydrogen-bond acceptors (Lipinski definition) is 3. The maximum absolute atomic E-state index is 12.8. The van der Waals surface area contributed by atoms with Crippen LogP contribution in [0.5, 0.6) is 0 Å². The fourth-order valence-electron chi connectivity index (χ4n) is 4.07. The van der Waals surface area contributed by atoms with Gasteiger partial charge in [-0.2, -0.15) is 0 Å². The summed E-state index contributed by atoms with van der Waals surface area (Å²) in [7, 11) is 3.93. The van der Waals surface area contributed by atoms with E-state index in [2.05, 4.69) is 20.9 Å². The lowest BCUT2D eigenvalue weighted by molar-refractivity contribution is -0.133. The number of rotatable bonds is 3. The van der Waals surface area contributed by atoms with E-state index in [0.717, 1.165) is 49.2 Å². The van der Waals surface area contributed by atoms with Crippen LogP contribution in [0.2, 0.25) is 0 Å². The van der Waals surface area contributed by atoms with Crippen molar-refractivity contribution in [2.75, 3.05) is 20.1 Å². The fraction of sp³-hybridized carbons (Fsp3) is 0.556. The number of benzene rings is 1. The van der Waals surface area contributed by atoms with E-state index in [1.807, 2.05) is 37.2 Å². The van der Waals surface area contributed by atoms with Crippen molar-refractivity contribution < 1.29 is 4.79 Å². The zero-order valence-corrected chi connectivity index (χ0v) is 13.9. The number of amides is 1. The van der Waals surface area contributed by atoms with E-state index in [-0.39, 0.29) is 5.92 Å². The summed E-state index contributed by atoms with van der Waals surface area (Å²) in [6.07, 6.45) is 3.35. The average Bonchev–Trinajstić information content (AvgIpc) is 3.16. The molecule has 1 spiro atoms. The second-order valence-electron chi connectivity index (χ2n) is 7.14. The predicted molar refractivity (Wildman–Crippen MR) is 89.8 cm³/mol. The number of nitrogens with zero attached hydrogens (tertiary/aromatic N) is 3. The molecule has 1 aliphatic heterocycles. The van der Waals surface area contributed by atoms with Crippen molar-refractivity contribution >= 4 is 16.9 Å². The molecule has 1 saturated carbocycles. The van der Waals surface area contributed by atoms with Gasteiger partial charge in [-0.15, -0.1) is 0 Å². The minimum Gasteiger partial charge on any atom is -0.338 e. The van der Waals surface area contributed by atoms with Crippen LogP contribution in [0.15, 0.2) is 24.3 Å². The Kier molecular flexibility index (Phi) is 3.41. The summed E-state index contributed by atoms with van der Waals surface area (Å²) in [4.78, 5) is 19.3. The van der Waals surface area contributed by atoms with Gasteiger partial charge < -0.3 is 14.8 Å². The summed E-state index contributed by atoms with van der Waals surface area (Å²) in [5.41, 5.74) is 2.40. The van der Waals surface area contributed by atoms with Gasteiger partial charge in [-0.25, -0.2) is 4.98 Å². The Morgan fingerprint density at radius 2 is 2.13 bits per heavy atom. The summed E-state index contributed by atoms with van der Waals surface area (Å²) in [5.74, 6) is 1.46. The monoisotopic (exact) mass is 312 g/mol. The van der Waals surface area contributed by atoms with Crippen LogP contribution in [-0.4, -0.2) is 40.5 Å². The number of carbonyl (C=O) groups is 1. The van der Waals surface area contributed by atoms with Crippen molar-refractivity contribution in [3.05, 3.63) is 30.1 Å². The third-order valence-corrected chi connectivity index (χ3v) is 5.72. The van der Waals surface area contributed by atoms with Gasteiger partial charge in [-0.1, -0.05) is 12.1 Å². The van der Waals surface area contributed by atoms with Gasteiger partial charge in [0, 0.05) is 20.0 Å². The molecule has 2 heterocycles. The van der Waals surface area contributed by atoms with Gasteiger partial charge in [0.25, 0.3) is 0 Å². The molecule has 1 amide bonds. The zero-order valence-electron chi connectivity index (χ0n) is 13.9. The number of aromatic nitrogens is 2. The first-order valence-electron chi connectivity index (χ1n) is 8.47. The topological polar surface area (TPSA) is 50.2 Å². The van der Waals surface area contributed by atoms with E-state index in [9.17, 15) is 4.79 Å². The van der Waals surface area contributed by atoms with Crippen molar-refractivity contribution in [1.29, 1.82) is 0 Å². The summed E-state index contributed by atoms with van der Waals surface area (Å²) >= 11 is 0. The molecule has 1 aromatic heterocycles. The Morgan fingerprint density at radius 1 is 1.39 bits per heavy atom. The average molecular weight is 312 g/mol. The molecule has 1 atom stereocenters. The first kappa shape index (κ1) is 14.7. The quantitative estimate of drug-likeness (QED) is 0.942. The van der Waals surface area contributed by atoms with Gasteiger partial charge in [-0.3, -0.25) is 4.79 Å². The third-order valence-electron chi connectivity index (χ3n) is 5.72. The third kappa shape index (κ3) is 2.43. The van der Waals surface area contributed by atoms with Gasteiger partial charge in [0.15, 0.2) is 0 Å². The Morgan fingerprint density at radius 3 is 2.87 bits per heavy atom. The minimum atomic E-state index is 0.226. The molecule has 2 aromatic rings. The van der Waals surface area contributed by atoms with Crippen LogP contribution in [0.25, 0.3) is 11.0 Å². The molecule has 0 unspecified atom stereocenters. The molecular weight excluding hydrogens is 288 g/mol. The molecule has 2 aliphatic rings. The summed E-state index contributed by atoms with van der Waals surface area (Å²) in [6, 6.07) is 8.11. The molecule has 1 saturated heterocycles. The molecule has 0 radical (unpaired) electrons. The maximum atomic E-state index is 12.8. The molecule has 1 aliphatic carbocycles. The molecule has 2 fully saturated rings. The van der Waals surface area contributed by atoms with Crippen LogP contribution in [0.1, 0.15) is 25.1 Å². The van der Waals surface area contributed by atoms with Crippen LogP contribution >= 0.6 is 0 Å². The highest BCUT2D eigenvalue weighted by Crippen LogP contribution is 2.59. The highest BCUT2D eigenvalue weighted by Gasteiger charge is 2.58. The van der Waals surface area contributed by atoms with Crippen LogP contribution in [0.4, 0.5) is 0 Å². The van der Waals surface area contributed by atoms with Gasteiger partial charge in [0.05, 0.1) is 17.6 Å². The lowest BCUT2D eigenvalue weighted by Crippen LogP contribution is -2.34. The number of carbonyl (C=O) groups excluding carboxylic acids is 1. The summed E-state index contributed by atoms with van der Waals surface area (Å²) < 4.78 is 2.09. The molecule has 1 aromatic carbocycles. The first-order chi connectivity index (χ1) is 11.1. The van der Waals surface area contributed by atoms with Gasteiger partial charge in [0.1, 0.15) is 5.82 Å². The van der Waals surface area contributed by atoms with Gasteiger partial charge in [0.2, 0.25) is 5.91 Å². The number of piperidine rings is 1. The zero-order chi connectivity index (χ0) is 16.0. The Bertz CT molecular complexity index is 745. The number of imidazole rings is 1. The predicted octanol–water partition coefficient (Wildman–Crippen LogP) is 1.92. The Hall–Kier alpha value is -1.88. The molecule has 23 heavy (non-hydrogen) atoms. The number of para-hydroxylation sites is 2. The highest BCUT2D eigenvalue weighted by molar-refractivity contribution is 5.82. The number of fused-ring (bicyclic) bond motifs is 1. The van der Waals surface area contributed by atoms with Crippen LogP contribution in [0, 0.1) is 11.3 Å². The molecule has 5 nitrogen and oxygen atoms in total. The number of aryl methyl sites for hydroxylation is 1. The van der Waals surface area contributed by atoms with Crippen molar-refractivity contribution in [3.63, 3.8) is 0 Å². The Labute approximate surface area is 136 Å². The SMILES string of the molecule is CN(Cc1nc2ccccc2n1C)C(=O)[C@H]1CC12CCNCC2. The lowest BCUT2D eigenvalue weighted by Gasteiger charge is -2.25. The van der Waals surface area contributed by atoms with Crippen LogP contribution < -0.4 is 5.32 Å². The second kappa shape index (κ2) is 5.34. The second-order valence-corrected chi connectivity index (χ2v) is 7.14. The van der Waals surface area contributed by atoms with Crippen LogP contribution in [-0.2, 0) is 18.4 Å². The standard InChI is InChI=1S/C18H24N4O/c1-21(17(23)13-11-18(13)7-9-19-10-8-18)12-16-20-14-5-3-4-6-15(14)22(16)2/h3-6,13,19H,7-12H2,1-2H3/t13-/m1/s1. The molecule has 1 N–H and O–H groups in total. The van der Waals surface area contributed by atoms with Crippen LogP contribution in [0.3, 0.4) is 0 Å². The van der Waals surface area contributed by atoms with E-state index in [1.54, 1.807) is 0 Å².